The Kier molecular flexibility index (Phi) is 7.72. The number of methoxy groups -OCH3 is 1. The first-order valence-electron chi connectivity index (χ1n) is 9.66. The first-order chi connectivity index (χ1) is 15.4. The molecule has 0 aromatic heterocycles. The third-order valence-electron chi connectivity index (χ3n) is 4.24. The average Bonchev–Trinajstić information content (AvgIpc) is 2.75. The molecule has 2 aromatic carbocycles. The van der Waals surface area contributed by atoms with Crippen molar-refractivity contribution < 1.29 is 33.3 Å². The van der Waals surface area contributed by atoms with Crippen molar-refractivity contribution in [2.24, 2.45) is 0 Å². The Morgan fingerprint density at radius 1 is 0.906 bits per heavy atom. The highest BCUT2D eigenvalue weighted by molar-refractivity contribution is 9.10. The van der Waals surface area contributed by atoms with Crippen LogP contribution in [-0.4, -0.2) is 44.8 Å². The largest absolute Gasteiger partial charge is 0.493 e. The fourth-order valence-electron chi connectivity index (χ4n) is 2.88. The Balaban J connectivity index is 1.74. The Bertz CT molecular complexity index is 1050. The van der Waals surface area contributed by atoms with E-state index < -0.39 is 17.8 Å². The van der Waals surface area contributed by atoms with Gasteiger partial charge in [0.15, 0.2) is 23.0 Å². The van der Waals surface area contributed by atoms with Crippen molar-refractivity contribution in [3.8, 4) is 23.0 Å². The number of amides is 4. The molecule has 0 aliphatic carbocycles. The summed E-state index contributed by atoms with van der Waals surface area (Å²) in [4.78, 5) is 35.2. The van der Waals surface area contributed by atoms with Crippen molar-refractivity contribution in [3.05, 3.63) is 52.0 Å². The van der Waals surface area contributed by atoms with Gasteiger partial charge in [-0.25, -0.2) is 4.79 Å². The highest BCUT2D eigenvalue weighted by Crippen LogP contribution is 2.37. The summed E-state index contributed by atoms with van der Waals surface area (Å²) in [6.07, 6.45) is 1.36. The number of urea groups is 1. The van der Waals surface area contributed by atoms with Gasteiger partial charge >= 0.3 is 6.03 Å². The van der Waals surface area contributed by atoms with Gasteiger partial charge in [0.25, 0.3) is 11.8 Å². The molecule has 168 valence electrons. The Morgan fingerprint density at radius 2 is 1.56 bits per heavy atom. The molecule has 2 aromatic rings. The van der Waals surface area contributed by atoms with Crippen LogP contribution in [0.3, 0.4) is 0 Å². The molecular weight excluding hydrogens is 484 g/mol. The van der Waals surface area contributed by atoms with Crippen LogP contribution in [0.15, 0.2) is 46.4 Å². The van der Waals surface area contributed by atoms with Crippen LogP contribution in [0.5, 0.6) is 23.0 Å². The number of ether oxygens (including phenoxy) is 4. The molecule has 9 nitrogen and oxygen atoms in total. The number of rotatable bonds is 9. The summed E-state index contributed by atoms with van der Waals surface area (Å²) in [5.41, 5.74) is 0.311. The lowest BCUT2D eigenvalue weighted by Gasteiger charge is -2.17. The molecule has 3 rings (SSSR count). The SMILES string of the molecule is CCOc1cc(C=C2C(=O)NC(=O)NC2=O)cc(Br)c1OCCOc1ccccc1OC. The molecule has 1 aliphatic rings. The van der Waals surface area contributed by atoms with E-state index in [1.165, 1.54) is 6.08 Å². The quantitative estimate of drug-likeness (QED) is 0.306. The van der Waals surface area contributed by atoms with Crippen molar-refractivity contribution in [1.29, 1.82) is 0 Å². The minimum Gasteiger partial charge on any atom is -0.493 e. The number of carbonyl (C=O) groups is 3. The molecule has 0 radical (unpaired) electrons. The van der Waals surface area contributed by atoms with Gasteiger partial charge < -0.3 is 18.9 Å². The van der Waals surface area contributed by atoms with Crippen LogP contribution in [0.2, 0.25) is 0 Å². The number of carbonyl (C=O) groups excluding carboxylic acids is 3. The van der Waals surface area contributed by atoms with E-state index >= 15 is 0 Å². The summed E-state index contributed by atoms with van der Waals surface area (Å²) in [6.45, 7) is 2.68. The molecule has 32 heavy (non-hydrogen) atoms. The summed E-state index contributed by atoms with van der Waals surface area (Å²) in [6, 6.07) is 9.75. The zero-order valence-corrected chi connectivity index (χ0v) is 19.0. The smallest absolute Gasteiger partial charge is 0.328 e. The maximum absolute atomic E-state index is 12.0. The lowest BCUT2D eigenvalue weighted by Crippen LogP contribution is -2.51. The first kappa shape index (κ1) is 23.1. The molecule has 0 atom stereocenters. The molecule has 0 saturated carbocycles. The van der Waals surface area contributed by atoms with E-state index in [1.807, 2.05) is 29.7 Å². The van der Waals surface area contributed by atoms with Crippen LogP contribution >= 0.6 is 15.9 Å². The van der Waals surface area contributed by atoms with Gasteiger partial charge in [-0.05, 0) is 58.8 Å². The maximum Gasteiger partial charge on any atom is 0.328 e. The van der Waals surface area contributed by atoms with Gasteiger partial charge in [-0.3, -0.25) is 20.2 Å². The van der Waals surface area contributed by atoms with Gasteiger partial charge in [0, 0.05) is 0 Å². The molecule has 10 heteroatoms. The second-order valence-electron chi connectivity index (χ2n) is 6.41. The zero-order valence-electron chi connectivity index (χ0n) is 17.4. The van der Waals surface area contributed by atoms with Crippen molar-refractivity contribution in [1.82, 2.24) is 10.6 Å². The van der Waals surface area contributed by atoms with E-state index in [1.54, 1.807) is 31.4 Å². The second kappa shape index (κ2) is 10.7. The minimum atomic E-state index is -0.854. The van der Waals surface area contributed by atoms with Gasteiger partial charge in [-0.1, -0.05) is 12.1 Å². The van der Waals surface area contributed by atoms with Gasteiger partial charge in [-0.2, -0.15) is 0 Å². The third-order valence-corrected chi connectivity index (χ3v) is 4.83. The lowest BCUT2D eigenvalue weighted by atomic mass is 10.1. The summed E-state index contributed by atoms with van der Waals surface area (Å²) in [5.74, 6) is 0.540. The van der Waals surface area contributed by atoms with E-state index in [4.69, 9.17) is 18.9 Å². The van der Waals surface area contributed by atoms with Gasteiger partial charge in [0.2, 0.25) is 0 Å². The number of para-hydroxylation sites is 2. The fraction of sp³-hybridized carbons (Fsp3) is 0.227. The van der Waals surface area contributed by atoms with Gasteiger partial charge in [0.05, 0.1) is 18.2 Å². The van der Waals surface area contributed by atoms with E-state index in [0.717, 1.165) is 0 Å². The maximum atomic E-state index is 12.0. The molecule has 1 aliphatic heterocycles. The predicted octanol–water partition coefficient (Wildman–Crippen LogP) is 3.06. The normalized spacial score (nSPS) is 13.2. The predicted molar refractivity (Wildman–Crippen MR) is 119 cm³/mol. The monoisotopic (exact) mass is 504 g/mol. The number of nitrogens with one attached hydrogen (secondary N) is 2. The topological polar surface area (TPSA) is 112 Å². The molecule has 1 fully saturated rings. The first-order valence-corrected chi connectivity index (χ1v) is 10.5. The van der Waals surface area contributed by atoms with Crippen LogP contribution in [0, 0.1) is 0 Å². The van der Waals surface area contributed by atoms with Crippen molar-refractivity contribution in [3.63, 3.8) is 0 Å². The van der Waals surface area contributed by atoms with Crippen molar-refractivity contribution in [2.45, 2.75) is 6.92 Å². The van der Waals surface area contributed by atoms with Crippen molar-refractivity contribution in [2.75, 3.05) is 26.9 Å². The third kappa shape index (κ3) is 5.58. The molecule has 1 saturated heterocycles. The highest BCUT2D eigenvalue weighted by atomic mass is 79.9. The minimum absolute atomic E-state index is 0.196. The molecule has 0 spiro atoms. The molecular formula is C22H21BrN2O7. The van der Waals surface area contributed by atoms with E-state index in [0.29, 0.717) is 39.6 Å². The van der Waals surface area contributed by atoms with Crippen LogP contribution < -0.4 is 29.6 Å². The Morgan fingerprint density at radius 3 is 2.22 bits per heavy atom. The highest BCUT2D eigenvalue weighted by Gasteiger charge is 2.28. The second-order valence-corrected chi connectivity index (χ2v) is 7.26. The molecule has 4 amide bonds. The number of halogens is 1. The molecule has 0 bridgehead atoms. The standard InChI is InChI=1S/C22H21BrN2O7/c1-3-30-18-12-13(10-14-20(26)24-22(28)25-21(14)27)11-15(23)19(18)32-9-8-31-17-7-5-4-6-16(17)29-2/h4-7,10-12H,3,8-9H2,1-2H3,(H2,24,25,26,27,28). The number of barbiturate groups is 1. The Labute approximate surface area is 192 Å². The van der Waals surface area contributed by atoms with Crippen molar-refractivity contribution >= 4 is 39.9 Å². The van der Waals surface area contributed by atoms with E-state index in [9.17, 15) is 14.4 Å². The van der Waals surface area contributed by atoms with E-state index in [2.05, 4.69) is 15.9 Å². The number of imide groups is 2. The van der Waals surface area contributed by atoms with Crippen LogP contribution in [-0.2, 0) is 9.59 Å². The summed E-state index contributed by atoms with van der Waals surface area (Å²) >= 11 is 3.44. The van der Waals surface area contributed by atoms with Crippen LogP contribution in [0.25, 0.3) is 6.08 Å². The fourth-order valence-corrected chi connectivity index (χ4v) is 3.45. The summed E-state index contributed by atoms with van der Waals surface area (Å²) < 4.78 is 23.0. The number of hydrogen-bond acceptors (Lipinski definition) is 7. The van der Waals surface area contributed by atoms with Crippen LogP contribution in [0.1, 0.15) is 12.5 Å². The van der Waals surface area contributed by atoms with Gasteiger partial charge in [-0.15, -0.1) is 0 Å². The summed E-state index contributed by atoms with van der Waals surface area (Å²) in [7, 11) is 1.57. The molecule has 1 heterocycles. The number of benzene rings is 2. The molecule has 0 unspecified atom stereocenters. The van der Waals surface area contributed by atoms with Crippen LogP contribution in [0.4, 0.5) is 4.79 Å². The Hall–Kier alpha value is -3.53. The zero-order chi connectivity index (χ0) is 23.1. The van der Waals surface area contributed by atoms with E-state index in [-0.39, 0.29) is 18.8 Å². The average molecular weight is 505 g/mol. The lowest BCUT2D eigenvalue weighted by molar-refractivity contribution is -0.123. The summed E-state index contributed by atoms with van der Waals surface area (Å²) in [5, 5.41) is 4.07. The van der Waals surface area contributed by atoms with Gasteiger partial charge in [0.1, 0.15) is 18.8 Å². The molecule has 2 N–H and O–H groups in total. The number of hydrogen-bond donors (Lipinski definition) is 2.